The molecule has 0 radical (unpaired) electrons. The molecule has 0 heterocycles. The highest BCUT2D eigenvalue weighted by Crippen LogP contribution is 1.78. The van der Waals surface area contributed by atoms with Gasteiger partial charge in [-0.1, -0.05) is 0 Å². The number of hydrogen-bond donors (Lipinski definition) is 3. The van der Waals surface area contributed by atoms with Gasteiger partial charge in [0, 0.05) is 0 Å². The maximum absolute atomic E-state index is 9.88. The minimum atomic E-state index is -1.07. The first-order chi connectivity index (χ1) is 4.16. The molecule has 0 aliphatic rings. The van der Waals surface area contributed by atoms with Gasteiger partial charge in [0.15, 0.2) is 0 Å². The second kappa shape index (κ2) is 4.11. The lowest BCUT2D eigenvalue weighted by Gasteiger charge is -2.07. The van der Waals surface area contributed by atoms with Gasteiger partial charge in [-0.3, -0.25) is 0 Å². The van der Waals surface area contributed by atoms with E-state index in [9.17, 15) is 4.79 Å². The Balaban J connectivity index is 3.26. The lowest BCUT2D eigenvalue weighted by Crippen LogP contribution is -2.35. The number of rotatable bonds is 3. The van der Waals surface area contributed by atoms with Crippen LogP contribution in [-0.2, 0) is 4.84 Å². The van der Waals surface area contributed by atoms with E-state index in [0.717, 1.165) is 0 Å². The van der Waals surface area contributed by atoms with Crippen molar-refractivity contribution in [2.45, 2.75) is 13.0 Å². The highest BCUT2D eigenvalue weighted by atomic mass is 16.6. The molecule has 0 aromatic heterocycles. The molecule has 0 aliphatic heterocycles. The average molecular weight is 134 g/mol. The number of nitrogens with two attached hydrogens (primary N) is 1. The van der Waals surface area contributed by atoms with Crippen molar-refractivity contribution in [1.29, 1.82) is 0 Å². The van der Waals surface area contributed by atoms with Gasteiger partial charge in [-0.15, -0.1) is 0 Å². The summed E-state index contributed by atoms with van der Waals surface area (Å²) < 4.78 is 0. The Labute approximate surface area is 52.7 Å². The predicted molar refractivity (Wildman–Crippen MR) is 30.8 cm³/mol. The van der Waals surface area contributed by atoms with Crippen LogP contribution in [0.1, 0.15) is 6.92 Å². The van der Waals surface area contributed by atoms with Crippen LogP contribution in [0.2, 0.25) is 0 Å². The number of hydrogen-bond acceptors (Lipinski definition) is 3. The van der Waals surface area contributed by atoms with Gasteiger partial charge in [-0.05, 0) is 6.92 Å². The average Bonchev–Trinajstić information content (AvgIpc) is 1.63. The van der Waals surface area contributed by atoms with Gasteiger partial charge in [0.25, 0.3) is 0 Å². The summed E-state index contributed by atoms with van der Waals surface area (Å²) in [5.74, 6) is 4.67. The third-order valence-corrected chi connectivity index (χ3v) is 0.716. The Morgan fingerprint density at radius 3 is 2.89 bits per heavy atom. The van der Waals surface area contributed by atoms with Gasteiger partial charge in [-0.2, -0.15) is 0 Å². The van der Waals surface area contributed by atoms with E-state index in [2.05, 4.69) is 16.1 Å². The van der Waals surface area contributed by atoms with E-state index in [1.165, 1.54) is 0 Å². The Hall–Kier alpha value is -0.810. The summed E-state index contributed by atoms with van der Waals surface area (Å²) >= 11 is 0. The fourth-order valence-corrected chi connectivity index (χ4v) is 0.397. The van der Waals surface area contributed by atoms with Crippen LogP contribution in [0.15, 0.2) is 0 Å². The Kier molecular flexibility index (Phi) is 3.74. The summed E-state index contributed by atoms with van der Waals surface area (Å²) in [6.45, 7) is 1.84. The highest BCUT2D eigenvalue weighted by Gasteiger charge is 2.02. The van der Waals surface area contributed by atoms with E-state index in [0.29, 0.717) is 0 Å². The van der Waals surface area contributed by atoms with Crippen LogP contribution in [0.4, 0.5) is 4.79 Å². The maximum atomic E-state index is 9.88. The fraction of sp³-hybridized carbons (Fsp3) is 0.750. The Morgan fingerprint density at radius 1 is 2.00 bits per heavy atom. The van der Waals surface area contributed by atoms with Crippen molar-refractivity contribution in [3.8, 4) is 0 Å². The lowest BCUT2D eigenvalue weighted by atomic mass is 10.4. The summed E-state index contributed by atoms with van der Waals surface area (Å²) in [6, 6.07) is -0.257. The predicted octanol–water partition coefficient (Wildman–Crippen LogP) is -0.467. The van der Waals surface area contributed by atoms with Crippen LogP contribution in [0.3, 0.4) is 0 Å². The molecular formula is C4H10N2O3. The molecule has 0 aromatic carbocycles. The molecule has 4 N–H and O–H groups in total. The molecule has 0 spiro atoms. The quantitative estimate of drug-likeness (QED) is 0.456. The van der Waals surface area contributed by atoms with E-state index >= 15 is 0 Å². The minimum Gasteiger partial charge on any atom is -0.465 e. The van der Waals surface area contributed by atoms with Crippen LogP contribution in [0.5, 0.6) is 0 Å². The van der Waals surface area contributed by atoms with Crippen molar-refractivity contribution < 1.29 is 14.7 Å². The summed E-state index contributed by atoms with van der Waals surface area (Å²) in [5, 5.41) is 10.3. The number of amides is 1. The molecule has 1 amide bonds. The van der Waals surface area contributed by atoms with Crippen LogP contribution < -0.4 is 11.2 Å². The molecule has 0 rings (SSSR count). The van der Waals surface area contributed by atoms with E-state index in [-0.39, 0.29) is 12.6 Å². The highest BCUT2D eigenvalue weighted by molar-refractivity contribution is 5.64. The van der Waals surface area contributed by atoms with E-state index < -0.39 is 6.09 Å². The molecule has 5 nitrogen and oxygen atoms in total. The fourth-order valence-electron chi connectivity index (χ4n) is 0.397. The second-order valence-electron chi connectivity index (χ2n) is 1.68. The molecule has 54 valence electrons. The smallest absolute Gasteiger partial charge is 0.404 e. The van der Waals surface area contributed by atoms with Crippen molar-refractivity contribution >= 4 is 6.09 Å². The van der Waals surface area contributed by atoms with Gasteiger partial charge in [0.05, 0.1) is 12.6 Å². The largest absolute Gasteiger partial charge is 0.465 e. The van der Waals surface area contributed by atoms with E-state index in [1.807, 2.05) is 0 Å². The van der Waals surface area contributed by atoms with E-state index in [4.69, 9.17) is 5.11 Å². The van der Waals surface area contributed by atoms with Crippen molar-refractivity contribution in [3.05, 3.63) is 0 Å². The lowest BCUT2D eigenvalue weighted by molar-refractivity contribution is 0.115. The molecule has 1 unspecified atom stereocenters. The first kappa shape index (κ1) is 8.19. The number of carbonyl (C=O) groups is 1. The van der Waals surface area contributed by atoms with Crippen molar-refractivity contribution in [3.63, 3.8) is 0 Å². The van der Waals surface area contributed by atoms with Gasteiger partial charge < -0.3 is 15.3 Å². The standard InChI is InChI=1S/C4H10N2O3/c1-3(2-9-5)6-4(7)8/h3,6H,2,5H2,1H3,(H,7,8). The van der Waals surface area contributed by atoms with Gasteiger partial charge in [0.1, 0.15) is 0 Å². The van der Waals surface area contributed by atoms with Gasteiger partial charge in [0.2, 0.25) is 0 Å². The monoisotopic (exact) mass is 134 g/mol. The Bertz CT molecular complexity index is 95.8. The third-order valence-electron chi connectivity index (χ3n) is 0.716. The minimum absolute atomic E-state index is 0.187. The molecule has 0 fully saturated rings. The zero-order valence-electron chi connectivity index (χ0n) is 5.13. The summed E-state index contributed by atoms with van der Waals surface area (Å²) in [6.07, 6.45) is -1.07. The summed E-state index contributed by atoms with van der Waals surface area (Å²) in [7, 11) is 0. The van der Waals surface area contributed by atoms with Crippen LogP contribution in [0.25, 0.3) is 0 Å². The van der Waals surface area contributed by atoms with Gasteiger partial charge >= 0.3 is 6.09 Å². The van der Waals surface area contributed by atoms with Gasteiger partial charge in [-0.25, -0.2) is 10.7 Å². The molecule has 0 aromatic rings. The molecule has 0 saturated carbocycles. The van der Waals surface area contributed by atoms with Crippen molar-refractivity contribution in [2.24, 2.45) is 5.90 Å². The molecule has 0 aliphatic carbocycles. The Morgan fingerprint density at radius 2 is 2.56 bits per heavy atom. The van der Waals surface area contributed by atoms with Crippen LogP contribution in [0, 0.1) is 0 Å². The SMILES string of the molecule is CC(CON)NC(=O)O. The van der Waals surface area contributed by atoms with Crippen molar-refractivity contribution in [1.82, 2.24) is 5.32 Å². The maximum Gasteiger partial charge on any atom is 0.404 e. The molecule has 0 saturated heterocycles. The zero-order chi connectivity index (χ0) is 7.28. The first-order valence-corrected chi connectivity index (χ1v) is 2.48. The zero-order valence-corrected chi connectivity index (χ0v) is 5.13. The normalized spacial score (nSPS) is 12.7. The first-order valence-electron chi connectivity index (χ1n) is 2.48. The molecule has 5 heteroatoms. The van der Waals surface area contributed by atoms with Crippen LogP contribution >= 0.6 is 0 Å². The number of carboxylic acid groups (broad SMARTS) is 1. The summed E-state index contributed by atoms with van der Waals surface area (Å²) in [5.41, 5.74) is 0. The van der Waals surface area contributed by atoms with Crippen molar-refractivity contribution in [2.75, 3.05) is 6.61 Å². The van der Waals surface area contributed by atoms with E-state index in [1.54, 1.807) is 6.92 Å². The molecule has 0 bridgehead atoms. The summed E-state index contributed by atoms with van der Waals surface area (Å²) in [4.78, 5) is 14.1. The number of nitrogens with one attached hydrogen (secondary N) is 1. The van der Waals surface area contributed by atoms with Crippen LogP contribution in [-0.4, -0.2) is 23.8 Å². The third kappa shape index (κ3) is 5.05. The molecule has 1 atom stereocenters. The second-order valence-corrected chi connectivity index (χ2v) is 1.68. The topological polar surface area (TPSA) is 84.6 Å². The molecular weight excluding hydrogens is 124 g/mol. The molecule has 9 heavy (non-hydrogen) atoms.